The van der Waals surface area contributed by atoms with E-state index in [4.69, 9.17) is 9.47 Å². The topological polar surface area (TPSA) is 76.7 Å². The maximum atomic E-state index is 13.3. The van der Waals surface area contributed by atoms with E-state index in [0.29, 0.717) is 22.9 Å². The van der Waals surface area contributed by atoms with E-state index in [1.165, 1.54) is 18.7 Å². The summed E-state index contributed by atoms with van der Waals surface area (Å²) >= 11 is 1.43. The highest BCUT2D eigenvalue weighted by atomic mass is 32.2. The molecule has 3 aromatic rings. The summed E-state index contributed by atoms with van der Waals surface area (Å²) in [6, 6.07) is 22.2. The van der Waals surface area contributed by atoms with Crippen molar-refractivity contribution >= 4 is 35.0 Å². The van der Waals surface area contributed by atoms with Gasteiger partial charge in [0.1, 0.15) is 16.7 Å². The fourth-order valence-electron chi connectivity index (χ4n) is 2.94. The lowest BCUT2D eigenvalue weighted by Gasteiger charge is -2.18. The predicted octanol–water partition coefficient (Wildman–Crippen LogP) is 5.13. The normalized spacial score (nSPS) is 11.3. The smallest absolute Gasteiger partial charge is 0.242 e. The number of ether oxygens (including phenoxy) is 2. The molecule has 160 valence electrons. The maximum absolute atomic E-state index is 13.3. The van der Waals surface area contributed by atoms with Gasteiger partial charge in [0.25, 0.3) is 0 Å². The molecule has 0 aromatic heterocycles. The van der Waals surface area contributed by atoms with E-state index in [-0.39, 0.29) is 11.8 Å². The standard InChI is InChI=1S/C24H24N2O4S/c1-16(27)25-18-9-11-22(12-10-18)31-23(17-7-5-4-6-8-17)24(28)26-19-13-20(29-2)15-21(14-19)30-3/h4-15,23H,1-3H3,(H,25,27)(H,26,28). The van der Waals surface area contributed by atoms with E-state index in [9.17, 15) is 9.59 Å². The fourth-order valence-corrected chi connectivity index (χ4v) is 3.97. The third-order valence-corrected chi connectivity index (χ3v) is 5.65. The Bertz CT molecular complexity index is 1020. The Labute approximate surface area is 186 Å². The summed E-state index contributed by atoms with van der Waals surface area (Å²) in [5.74, 6) is 0.882. The number of thioether (sulfide) groups is 1. The average molecular weight is 437 g/mol. The molecule has 0 heterocycles. The molecule has 0 saturated heterocycles. The summed E-state index contributed by atoms with van der Waals surface area (Å²) < 4.78 is 10.6. The Hall–Kier alpha value is -3.45. The number of hydrogen-bond acceptors (Lipinski definition) is 5. The van der Waals surface area contributed by atoms with Crippen LogP contribution >= 0.6 is 11.8 Å². The zero-order chi connectivity index (χ0) is 22.2. The Morgan fingerprint density at radius 2 is 1.42 bits per heavy atom. The van der Waals surface area contributed by atoms with Crippen LogP contribution in [0, 0.1) is 0 Å². The second-order valence-corrected chi connectivity index (χ2v) is 7.88. The predicted molar refractivity (Wildman–Crippen MR) is 124 cm³/mol. The van der Waals surface area contributed by atoms with Crippen LogP contribution in [-0.4, -0.2) is 26.0 Å². The molecule has 0 aliphatic rings. The Morgan fingerprint density at radius 1 is 0.806 bits per heavy atom. The molecule has 0 aliphatic carbocycles. The molecule has 0 aliphatic heterocycles. The van der Waals surface area contributed by atoms with Crippen LogP contribution in [-0.2, 0) is 9.59 Å². The summed E-state index contributed by atoms with van der Waals surface area (Å²) in [5, 5.41) is 5.23. The largest absolute Gasteiger partial charge is 0.497 e. The maximum Gasteiger partial charge on any atom is 0.242 e. The van der Waals surface area contributed by atoms with Crippen molar-refractivity contribution in [2.45, 2.75) is 17.1 Å². The van der Waals surface area contributed by atoms with Gasteiger partial charge in [0.05, 0.1) is 14.2 Å². The third-order valence-electron chi connectivity index (χ3n) is 4.39. The molecule has 1 unspecified atom stereocenters. The molecule has 0 radical (unpaired) electrons. The molecule has 0 saturated carbocycles. The first-order chi connectivity index (χ1) is 15.0. The highest BCUT2D eigenvalue weighted by molar-refractivity contribution is 8.00. The van der Waals surface area contributed by atoms with Crippen LogP contribution in [0.2, 0.25) is 0 Å². The van der Waals surface area contributed by atoms with E-state index >= 15 is 0 Å². The lowest BCUT2D eigenvalue weighted by atomic mass is 10.1. The van der Waals surface area contributed by atoms with Gasteiger partial charge >= 0.3 is 0 Å². The Morgan fingerprint density at radius 3 is 1.97 bits per heavy atom. The number of anilines is 2. The van der Waals surface area contributed by atoms with E-state index in [2.05, 4.69) is 10.6 Å². The van der Waals surface area contributed by atoms with Crippen molar-refractivity contribution in [3.63, 3.8) is 0 Å². The Kier molecular flexibility index (Phi) is 7.56. The molecular formula is C24H24N2O4S. The number of nitrogens with one attached hydrogen (secondary N) is 2. The number of carbonyl (C=O) groups excluding carboxylic acids is 2. The zero-order valence-electron chi connectivity index (χ0n) is 17.5. The minimum absolute atomic E-state index is 0.129. The first-order valence-corrected chi connectivity index (χ1v) is 10.5. The quantitative estimate of drug-likeness (QED) is 0.479. The van der Waals surface area contributed by atoms with Crippen LogP contribution in [0.25, 0.3) is 0 Å². The van der Waals surface area contributed by atoms with Gasteiger partial charge in [-0.15, -0.1) is 11.8 Å². The van der Waals surface area contributed by atoms with Gasteiger partial charge in [-0.25, -0.2) is 0 Å². The number of rotatable bonds is 8. The summed E-state index contributed by atoms with van der Waals surface area (Å²) in [6.45, 7) is 1.46. The molecule has 0 fully saturated rings. The van der Waals surface area contributed by atoms with Crippen LogP contribution in [0.1, 0.15) is 17.7 Å². The Balaban J connectivity index is 1.84. The van der Waals surface area contributed by atoms with E-state index in [1.807, 2.05) is 54.6 Å². The number of carbonyl (C=O) groups is 2. The van der Waals surface area contributed by atoms with Crippen molar-refractivity contribution in [3.8, 4) is 11.5 Å². The minimum Gasteiger partial charge on any atom is -0.497 e. The first kappa shape index (κ1) is 22.2. The van der Waals surface area contributed by atoms with Crippen LogP contribution in [0.4, 0.5) is 11.4 Å². The summed E-state index contributed by atoms with van der Waals surface area (Å²) in [4.78, 5) is 25.4. The third kappa shape index (κ3) is 6.26. The lowest BCUT2D eigenvalue weighted by Crippen LogP contribution is -2.19. The molecule has 0 spiro atoms. The zero-order valence-corrected chi connectivity index (χ0v) is 18.4. The molecule has 6 nitrogen and oxygen atoms in total. The number of methoxy groups -OCH3 is 2. The summed E-state index contributed by atoms with van der Waals surface area (Å²) in [5.41, 5.74) is 2.18. The highest BCUT2D eigenvalue weighted by Gasteiger charge is 2.22. The summed E-state index contributed by atoms with van der Waals surface area (Å²) in [6.07, 6.45) is 0. The number of benzene rings is 3. The van der Waals surface area contributed by atoms with Crippen LogP contribution in [0.15, 0.2) is 77.7 Å². The van der Waals surface area contributed by atoms with E-state index in [0.717, 1.165) is 10.5 Å². The number of amides is 2. The molecular weight excluding hydrogens is 412 g/mol. The van der Waals surface area contributed by atoms with Crippen LogP contribution in [0.3, 0.4) is 0 Å². The van der Waals surface area contributed by atoms with Gasteiger partial charge in [-0.2, -0.15) is 0 Å². The molecule has 31 heavy (non-hydrogen) atoms. The van der Waals surface area contributed by atoms with Crippen molar-refractivity contribution < 1.29 is 19.1 Å². The van der Waals surface area contributed by atoms with Gasteiger partial charge in [0, 0.05) is 41.4 Å². The number of hydrogen-bond donors (Lipinski definition) is 2. The van der Waals surface area contributed by atoms with Crippen molar-refractivity contribution in [1.29, 1.82) is 0 Å². The SMILES string of the molecule is COc1cc(NC(=O)C(Sc2ccc(NC(C)=O)cc2)c2ccccc2)cc(OC)c1. The van der Waals surface area contributed by atoms with Crippen molar-refractivity contribution in [2.24, 2.45) is 0 Å². The van der Waals surface area contributed by atoms with Crippen LogP contribution in [0.5, 0.6) is 11.5 Å². The average Bonchev–Trinajstić information content (AvgIpc) is 2.78. The van der Waals surface area contributed by atoms with Gasteiger partial charge < -0.3 is 20.1 Å². The van der Waals surface area contributed by atoms with Gasteiger partial charge in [-0.1, -0.05) is 30.3 Å². The van der Waals surface area contributed by atoms with E-state index < -0.39 is 5.25 Å². The summed E-state index contributed by atoms with van der Waals surface area (Å²) in [7, 11) is 3.13. The van der Waals surface area contributed by atoms with Crippen molar-refractivity contribution in [3.05, 3.63) is 78.4 Å². The van der Waals surface area contributed by atoms with Crippen LogP contribution < -0.4 is 20.1 Å². The lowest BCUT2D eigenvalue weighted by molar-refractivity contribution is -0.116. The molecule has 2 N–H and O–H groups in total. The minimum atomic E-state index is -0.481. The first-order valence-electron chi connectivity index (χ1n) is 9.61. The molecule has 1 atom stereocenters. The monoisotopic (exact) mass is 436 g/mol. The second kappa shape index (κ2) is 10.5. The molecule has 2 amide bonds. The molecule has 0 bridgehead atoms. The van der Waals surface area contributed by atoms with Crippen molar-refractivity contribution in [2.75, 3.05) is 24.9 Å². The fraction of sp³-hybridized carbons (Fsp3) is 0.167. The van der Waals surface area contributed by atoms with Gasteiger partial charge in [-0.3, -0.25) is 9.59 Å². The molecule has 3 rings (SSSR count). The van der Waals surface area contributed by atoms with E-state index in [1.54, 1.807) is 32.4 Å². The van der Waals surface area contributed by atoms with Crippen molar-refractivity contribution in [1.82, 2.24) is 0 Å². The highest BCUT2D eigenvalue weighted by Crippen LogP contribution is 2.37. The van der Waals surface area contributed by atoms with Gasteiger partial charge in [-0.05, 0) is 29.8 Å². The molecule has 3 aromatic carbocycles. The molecule has 7 heteroatoms. The van der Waals surface area contributed by atoms with Gasteiger partial charge in [0.2, 0.25) is 11.8 Å². The second-order valence-electron chi connectivity index (χ2n) is 6.70. The van der Waals surface area contributed by atoms with Gasteiger partial charge in [0.15, 0.2) is 0 Å².